The Morgan fingerprint density at radius 3 is 2.89 bits per heavy atom. The van der Waals surface area contributed by atoms with Crippen LogP contribution in [0.25, 0.3) is 5.65 Å². The molecule has 0 saturated heterocycles. The predicted molar refractivity (Wildman–Crippen MR) is 69.7 cm³/mol. The Kier molecular flexibility index (Phi) is 2.48. The number of nitrogens with zero attached hydrogens (tertiary/aromatic N) is 3. The molecular weight excluding hydrogens is 226 g/mol. The van der Waals surface area contributed by atoms with Gasteiger partial charge in [-0.1, -0.05) is 6.07 Å². The quantitative estimate of drug-likeness (QED) is 0.684. The van der Waals surface area contributed by atoms with E-state index >= 15 is 0 Å². The number of hydrogen-bond acceptors (Lipinski definition) is 2. The van der Waals surface area contributed by atoms with Crippen molar-refractivity contribution in [2.75, 3.05) is 0 Å². The highest BCUT2D eigenvalue weighted by Crippen LogP contribution is 2.05. The summed E-state index contributed by atoms with van der Waals surface area (Å²) in [6, 6.07) is 9.41. The molecule has 0 amide bonds. The van der Waals surface area contributed by atoms with Crippen molar-refractivity contribution in [1.82, 2.24) is 14.0 Å². The van der Waals surface area contributed by atoms with Crippen LogP contribution in [0.2, 0.25) is 0 Å². The Labute approximate surface area is 104 Å². The van der Waals surface area contributed by atoms with E-state index in [9.17, 15) is 4.79 Å². The van der Waals surface area contributed by atoms with Crippen LogP contribution in [-0.4, -0.2) is 14.0 Å². The van der Waals surface area contributed by atoms with E-state index in [1.54, 1.807) is 10.6 Å². The maximum Gasteiger partial charge on any atom is 0.251 e. The van der Waals surface area contributed by atoms with Crippen LogP contribution < -0.4 is 5.56 Å². The molecule has 0 aliphatic carbocycles. The van der Waals surface area contributed by atoms with Gasteiger partial charge in [0.05, 0.1) is 12.2 Å². The van der Waals surface area contributed by atoms with E-state index in [0.717, 1.165) is 16.9 Å². The van der Waals surface area contributed by atoms with Crippen molar-refractivity contribution in [2.24, 2.45) is 0 Å². The first kappa shape index (κ1) is 10.8. The van der Waals surface area contributed by atoms with Gasteiger partial charge < -0.3 is 8.97 Å². The molecule has 18 heavy (non-hydrogen) atoms. The molecule has 0 spiro atoms. The minimum absolute atomic E-state index is 0.00653. The zero-order valence-electron chi connectivity index (χ0n) is 10.1. The van der Waals surface area contributed by atoms with Gasteiger partial charge in [-0.15, -0.1) is 0 Å². The summed E-state index contributed by atoms with van der Waals surface area (Å²) in [5.41, 5.74) is 2.76. The molecule has 3 heterocycles. The SMILES string of the molecule is Cc1ccn(Cc2cn3ccccc3n2)c(=O)c1. The Hall–Kier alpha value is -2.36. The summed E-state index contributed by atoms with van der Waals surface area (Å²) in [5.74, 6) is 0. The molecule has 3 aromatic heterocycles. The highest BCUT2D eigenvalue weighted by Gasteiger charge is 2.03. The molecule has 3 aromatic rings. The molecule has 4 nitrogen and oxygen atoms in total. The fraction of sp³-hybridized carbons (Fsp3) is 0.143. The Bertz CT molecular complexity index is 722. The van der Waals surface area contributed by atoms with E-state index in [1.165, 1.54) is 0 Å². The van der Waals surface area contributed by atoms with Crippen molar-refractivity contribution in [3.05, 3.63) is 70.5 Å². The first-order chi connectivity index (χ1) is 8.72. The number of fused-ring (bicyclic) bond motifs is 1. The third kappa shape index (κ3) is 1.93. The van der Waals surface area contributed by atoms with Gasteiger partial charge in [-0.2, -0.15) is 0 Å². The second-order valence-corrected chi connectivity index (χ2v) is 4.37. The van der Waals surface area contributed by atoms with Gasteiger partial charge in [-0.05, 0) is 30.7 Å². The molecule has 3 rings (SSSR count). The summed E-state index contributed by atoms with van der Waals surface area (Å²) in [4.78, 5) is 16.3. The molecule has 0 aromatic carbocycles. The normalized spacial score (nSPS) is 10.9. The Morgan fingerprint density at radius 2 is 2.11 bits per heavy atom. The van der Waals surface area contributed by atoms with Crippen molar-refractivity contribution < 1.29 is 0 Å². The average molecular weight is 239 g/mol. The molecule has 0 unspecified atom stereocenters. The van der Waals surface area contributed by atoms with Gasteiger partial charge in [0.1, 0.15) is 5.65 Å². The standard InChI is InChI=1S/C14H13N3O/c1-11-5-7-17(14(18)8-11)10-12-9-16-6-3-2-4-13(16)15-12/h2-9H,10H2,1H3. The van der Waals surface area contributed by atoms with Crippen LogP contribution in [0.3, 0.4) is 0 Å². The maximum atomic E-state index is 11.8. The highest BCUT2D eigenvalue weighted by atomic mass is 16.1. The number of aromatic nitrogens is 3. The van der Waals surface area contributed by atoms with Crippen molar-refractivity contribution >= 4 is 5.65 Å². The molecule has 0 N–H and O–H groups in total. The molecule has 0 aliphatic rings. The smallest absolute Gasteiger partial charge is 0.251 e. The van der Waals surface area contributed by atoms with Gasteiger partial charge >= 0.3 is 0 Å². The molecule has 0 aliphatic heterocycles. The first-order valence-electron chi connectivity index (χ1n) is 5.82. The summed E-state index contributed by atoms with van der Waals surface area (Å²) < 4.78 is 3.61. The van der Waals surface area contributed by atoms with Crippen LogP contribution in [0.15, 0.2) is 53.7 Å². The molecule has 0 bridgehead atoms. The number of aryl methyl sites for hydroxylation is 1. The van der Waals surface area contributed by atoms with Gasteiger partial charge in [-0.25, -0.2) is 4.98 Å². The maximum absolute atomic E-state index is 11.8. The summed E-state index contributed by atoms with van der Waals surface area (Å²) in [6.45, 7) is 2.41. The fourth-order valence-corrected chi connectivity index (χ4v) is 1.98. The van der Waals surface area contributed by atoms with Gasteiger partial charge in [0.15, 0.2) is 0 Å². The van der Waals surface area contributed by atoms with Gasteiger partial charge in [0.2, 0.25) is 0 Å². The lowest BCUT2D eigenvalue weighted by atomic mass is 10.3. The molecule has 90 valence electrons. The molecule has 0 atom stereocenters. The van der Waals surface area contributed by atoms with Crippen LogP contribution in [0.5, 0.6) is 0 Å². The second-order valence-electron chi connectivity index (χ2n) is 4.37. The lowest BCUT2D eigenvalue weighted by Crippen LogP contribution is -2.19. The van der Waals surface area contributed by atoms with Crippen molar-refractivity contribution in [2.45, 2.75) is 13.5 Å². The van der Waals surface area contributed by atoms with Crippen molar-refractivity contribution in [3.8, 4) is 0 Å². The third-order valence-electron chi connectivity index (χ3n) is 2.90. The molecule has 0 radical (unpaired) electrons. The molecule has 4 heteroatoms. The summed E-state index contributed by atoms with van der Waals surface area (Å²) in [6.07, 6.45) is 5.70. The van der Waals surface area contributed by atoms with E-state index in [0.29, 0.717) is 6.54 Å². The van der Waals surface area contributed by atoms with Crippen molar-refractivity contribution in [1.29, 1.82) is 0 Å². The number of rotatable bonds is 2. The third-order valence-corrected chi connectivity index (χ3v) is 2.90. The van der Waals surface area contributed by atoms with Crippen LogP contribution in [0, 0.1) is 6.92 Å². The number of hydrogen-bond donors (Lipinski definition) is 0. The predicted octanol–water partition coefficient (Wildman–Crippen LogP) is 1.85. The number of pyridine rings is 2. The number of imidazole rings is 1. The monoisotopic (exact) mass is 239 g/mol. The molecule has 0 saturated carbocycles. The first-order valence-corrected chi connectivity index (χ1v) is 5.82. The van der Waals surface area contributed by atoms with E-state index in [4.69, 9.17) is 0 Å². The second kappa shape index (κ2) is 4.14. The summed E-state index contributed by atoms with van der Waals surface area (Å²) >= 11 is 0. The topological polar surface area (TPSA) is 39.3 Å². The van der Waals surface area contributed by atoms with Crippen LogP contribution in [0.1, 0.15) is 11.3 Å². The lowest BCUT2D eigenvalue weighted by Gasteiger charge is -2.02. The average Bonchev–Trinajstić information content (AvgIpc) is 2.75. The van der Waals surface area contributed by atoms with Crippen LogP contribution in [-0.2, 0) is 6.54 Å². The summed E-state index contributed by atoms with van der Waals surface area (Å²) in [5, 5.41) is 0. The van der Waals surface area contributed by atoms with E-state index in [2.05, 4.69) is 4.98 Å². The molecular formula is C14H13N3O. The minimum Gasteiger partial charge on any atom is -0.309 e. The van der Waals surface area contributed by atoms with Gasteiger partial charge in [0, 0.05) is 24.7 Å². The largest absolute Gasteiger partial charge is 0.309 e. The Morgan fingerprint density at radius 1 is 1.22 bits per heavy atom. The molecule has 0 fully saturated rings. The summed E-state index contributed by atoms with van der Waals surface area (Å²) in [7, 11) is 0. The van der Waals surface area contributed by atoms with Crippen molar-refractivity contribution in [3.63, 3.8) is 0 Å². The van der Waals surface area contributed by atoms with Crippen LogP contribution >= 0.6 is 0 Å². The highest BCUT2D eigenvalue weighted by molar-refractivity contribution is 5.39. The van der Waals surface area contributed by atoms with E-state index < -0.39 is 0 Å². The van der Waals surface area contributed by atoms with Gasteiger partial charge in [-0.3, -0.25) is 4.79 Å². The van der Waals surface area contributed by atoms with E-state index in [-0.39, 0.29) is 5.56 Å². The zero-order valence-corrected chi connectivity index (χ0v) is 10.1. The van der Waals surface area contributed by atoms with E-state index in [1.807, 2.05) is 54.2 Å². The lowest BCUT2D eigenvalue weighted by molar-refractivity contribution is 0.742. The van der Waals surface area contributed by atoms with Crippen LogP contribution in [0.4, 0.5) is 0 Å². The minimum atomic E-state index is 0.00653. The zero-order chi connectivity index (χ0) is 12.5. The fourth-order valence-electron chi connectivity index (χ4n) is 1.98. The van der Waals surface area contributed by atoms with Gasteiger partial charge in [0.25, 0.3) is 5.56 Å². The Balaban J connectivity index is 1.98.